The van der Waals surface area contributed by atoms with E-state index in [9.17, 15) is 59.5 Å². The van der Waals surface area contributed by atoms with E-state index in [2.05, 4.69) is 39.4 Å². The fraction of sp³-hybridized carbons (Fsp3) is 0.426. The van der Waals surface area contributed by atoms with E-state index in [4.69, 9.17) is 34.3 Å². The molecule has 4 aliphatic rings. The van der Waals surface area contributed by atoms with Gasteiger partial charge in [0.15, 0.2) is 29.3 Å². The summed E-state index contributed by atoms with van der Waals surface area (Å²) < 4.78 is 124. The molecule has 474 valence electrons. The fourth-order valence-corrected chi connectivity index (χ4v) is 14.6. The highest BCUT2D eigenvalue weighted by Crippen LogP contribution is 2.58. The van der Waals surface area contributed by atoms with Crippen LogP contribution in [0.2, 0.25) is 0 Å². The Morgan fingerprint density at radius 3 is 2.23 bits per heavy atom. The lowest BCUT2D eigenvalue weighted by molar-refractivity contribution is -0.121. The lowest BCUT2D eigenvalue weighted by atomic mass is 9.83. The predicted molar refractivity (Wildman–Crippen MR) is 318 cm³/mol. The van der Waals surface area contributed by atoms with Crippen LogP contribution in [-0.4, -0.2) is 175 Å². The van der Waals surface area contributed by atoms with Gasteiger partial charge in [-0.3, -0.25) is 27.8 Å². The first-order valence-electron chi connectivity index (χ1n) is 27.5. The quantitative estimate of drug-likeness (QED) is 0.0204. The number of amides is 3. The number of carbonyl (C=O) groups excluding carboxylic acids is 3. The van der Waals surface area contributed by atoms with Crippen LogP contribution in [0.5, 0.6) is 11.5 Å². The van der Waals surface area contributed by atoms with Crippen molar-refractivity contribution in [1.29, 1.82) is 0 Å². The first-order valence-corrected chi connectivity index (χ1v) is 33.7. The van der Waals surface area contributed by atoms with Crippen LogP contribution in [0.4, 0.5) is 16.3 Å². The fourth-order valence-electron chi connectivity index (χ4n) is 11.7. The minimum absolute atomic E-state index is 0.0203. The molecule has 4 aliphatic heterocycles. The molecule has 1 saturated heterocycles. The molecule has 6 heterocycles. The van der Waals surface area contributed by atoms with Gasteiger partial charge in [0.1, 0.15) is 53.6 Å². The molecule has 88 heavy (non-hydrogen) atoms. The van der Waals surface area contributed by atoms with Crippen molar-refractivity contribution in [2.45, 2.75) is 90.0 Å². The van der Waals surface area contributed by atoms with Crippen LogP contribution < -0.4 is 41.2 Å². The molecule has 0 radical (unpaired) electrons. The van der Waals surface area contributed by atoms with Crippen LogP contribution in [0.15, 0.2) is 73.3 Å². The number of benzene rings is 3. The first-order chi connectivity index (χ1) is 41.1. The Morgan fingerprint density at radius 2 is 1.56 bits per heavy atom. The maximum Gasteiger partial charge on any atom is 0.481 e. The Bertz CT molecular complexity index is 4190. The number of nitrogens with zero attached hydrogens (tertiary/aromatic N) is 7. The second-order valence-electron chi connectivity index (χ2n) is 22.3. The molecule has 1 unspecified atom stereocenters. The summed E-state index contributed by atoms with van der Waals surface area (Å²) >= 11 is 0. The highest BCUT2D eigenvalue weighted by molar-refractivity contribution is 7.86. The Hall–Kier alpha value is -7.03. The summed E-state index contributed by atoms with van der Waals surface area (Å²) in [6.07, 6.45) is -1.66. The molecule has 0 aliphatic carbocycles. The molecule has 0 bridgehead atoms. The van der Waals surface area contributed by atoms with Crippen LogP contribution in [0.3, 0.4) is 0 Å². The van der Waals surface area contributed by atoms with Crippen molar-refractivity contribution >= 4 is 93.2 Å². The zero-order chi connectivity index (χ0) is 64.2. The van der Waals surface area contributed by atoms with Crippen LogP contribution in [-0.2, 0) is 52.5 Å². The van der Waals surface area contributed by atoms with Crippen molar-refractivity contribution in [3.05, 3.63) is 112 Å². The number of alkyl carbamates (subject to hydrolysis) is 1. The molecule has 10 N–H and O–H groups in total. The summed E-state index contributed by atoms with van der Waals surface area (Å²) in [6, 6.07) is 13.9. The van der Waals surface area contributed by atoms with Crippen LogP contribution in [0.1, 0.15) is 93.2 Å². The average Bonchev–Trinajstić information content (AvgIpc) is 1.03. The SMILES string of the molecule is CCN1c2cc3c(cc2C(CS(=O)(=O)O)=CC1(C)C)C(c1ccccc1C(=O)N(C)CCCC(=O)NCCNC(=O)O[C@H]1[C@@H](O)[C@H](n2cnc4c(N)ncnc42)O[C@@H]1COP(=O)(O)OP(=O)(O)O)=c1cc2c(cc1O3)=[N+](CC)C(C)(C)C=C2CS(=O)(=O)O. The molecule has 5 aromatic rings. The molecule has 3 amide bonds. The van der Waals surface area contributed by atoms with E-state index >= 15 is 0 Å². The van der Waals surface area contributed by atoms with Crippen molar-refractivity contribution < 1.29 is 92.3 Å². The van der Waals surface area contributed by atoms with Gasteiger partial charge in [-0.25, -0.2) is 33.5 Å². The molecule has 2 aromatic heterocycles. The van der Waals surface area contributed by atoms with Crippen LogP contribution >= 0.6 is 15.6 Å². The van der Waals surface area contributed by atoms with Crippen LogP contribution in [0, 0.1) is 0 Å². The Morgan fingerprint density at radius 1 is 0.875 bits per heavy atom. The largest absolute Gasteiger partial charge is 0.481 e. The van der Waals surface area contributed by atoms with Gasteiger partial charge in [0, 0.05) is 92.7 Å². The lowest BCUT2D eigenvalue weighted by Crippen LogP contribution is -2.50. The van der Waals surface area contributed by atoms with Gasteiger partial charge < -0.3 is 60.2 Å². The summed E-state index contributed by atoms with van der Waals surface area (Å²) in [7, 11) is -18.5. The first kappa shape index (κ1) is 65.4. The molecule has 0 spiro atoms. The van der Waals surface area contributed by atoms with Gasteiger partial charge in [-0.05, 0) is 75.1 Å². The topological polar surface area (TPSA) is 424 Å². The summed E-state index contributed by atoms with van der Waals surface area (Å²) in [5.74, 6) is -1.63. The number of nitrogens with two attached hydrogens (primary N) is 1. The number of hydrogen-bond donors (Lipinski definition) is 9. The molecular weight excluding hydrogens is 1230 g/mol. The normalized spacial score (nSPS) is 20.1. The summed E-state index contributed by atoms with van der Waals surface area (Å²) in [5, 5.41) is 17.5. The minimum atomic E-state index is -5.53. The second-order valence-corrected chi connectivity index (χ2v) is 28.0. The smallest absolute Gasteiger partial charge is 0.456 e. The standard InChI is InChI=1S/C54H66N10O20P2S2/c1-8-63-38-21-40-36(19-34(38)30(23-53(63,3)4)26-87(74,75)76)44(37-20-35-31(27-88(77,78)79)24-54(5,6)64(9-2)39(35)22-41(37)81-40)32-13-10-11-14-33(32)50(67)61(7)18-12-15-43(65)56-16-17-57-52(68)83-47-42(25-80-86(72,73)84-85(69,70)71)82-51(46(47)66)62-29-60-45-48(55)58-28-59-49(45)62/h10-11,13-14,19-24,28-29,42,46-47,51,66H,8-9,12,15-18,25-27H2,1-7H3,(H8-,55,56,57,58,59,65,68,69,70,71,72,73,74,75,76,77,78,79)/p+1/t42-,46-,47-,51-/m1/s1. The number of hydrogen-bond acceptors (Lipinski definition) is 20. The van der Waals surface area contributed by atoms with E-state index in [0.29, 0.717) is 79.8 Å². The van der Waals surface area contributed by atoms with E-state index in [-0.39, 0.29) is 55.0 Å². The van der Waals surface area contributed by atoms with Crippen molar-refractivity contribution in [3.63, 3.8) is 0 Å². The van der Waals surface area contributed by atoms with Gasteiger partial charge in [0.25, 0.3) is 26.1 Å². The third kappa shape index (κ3) is 14.2. The van der Waals surface area contributed by atoms with Crippen molar-refractivity contribution in [2.75, 3.05) is 68.5 Å². The minimum Gasteiger partial charge on any atom is -0.456 e. The van der Waals surface area contributed by atoms with Gasteiger partial charge in [-0.15, -0.1) is 0 Å². The second kappa shape index (κ2) is 24.7. The highest BCUT2D eigenvalue weighted by atomic mass is 32.2. The molecular formula is C54H67N10O20P2S2+. The number of anilines is 2. The number of nitrogen functional groups attached to an aromatic ring is 1. The third-order valence-electron chi connectivity index (χ3n) is 15.2. The van der Waals surface area contributed by atoms with Crippen molar-refractivity contribution in [1.82, 2.24) is 39.6 Å². The van der Waals surface area contributed by atoms with E-state index < -0.39 is 108 Å². The van der Waals surface area contributed by atoms with E-state index in [0.717, 1.165) is 6.33 Å². The molecule has 1 fully saturated rings. The monoisotopic (exact) mass is 1300 g/mol. The van der Waals surface area contributed by atoms with Gasteiger partial charge in [-0.2, -0.15) is 21.1 Å². The van der Waals surface area contributed by atoms with Crippen molar-refractivity contribution in [3.8, 4) is 11.5 Å². The van der Waals surface area contributed by atoms with Crippen LogP contribution in [0.25, 0.3) is 27.9 Å². The zero-order valence-electron chi connectivity index (χ0n) is 48.6. The van der Waals surface area contributed by atoms with Gasteiger partial charge in [0.05, 0.1) is 30.1 Å². The number of likely N-dealkylation sites (N-methyl/N-ethyl adjacent to an activating group) is 2. The Labute approximate surface area is 504 Å². The van der Waals surface area contributed by atoms with Crippen molar-refractivity contribution in [2.24, 2.45) is 0 Å². The predicted octanol–water partition coefficient (Wildman–Crippen LogP) is 2.47. The maximum absolute atomic E-state index is 14.8. The average molecular weight is 1300 g/mol. The number of carbonyl (C=O) groups is 3. The summed E-state index contributed by atoms with van der Waals surface area (Å²) in [4.78, 5) is 84.7. The number of nitrogens with one attached hydrogen (secondary N) is 2. The number of phosphoric ester groups is 1. The molecule has 0 saturated carbocycles. The summed E-state index contributed by atoms with van der Waals surface area (Å²) in [5.41, 5.74) is 8.44. The van der Waals surface area contributed by atoms with E-state index in [1.807, 2.05) is 53.7 Å². The zero-order valence-corrected chi connectivity index (χ0v) is 52.0. The number of aliphatic hydroxyl groups excluding tert-OH is 1. The highest BCUT2D eigenvalue weighted by Gasteiger charge is 2.49. The molecule has 3 aromatic carbocycles. The van der Waals surface area contributed by atoms with E-state index in [1.165, 1.54) is 15.8 Å². The van der Waals surface area contributed by atoms with Gasteiger partial charge in [0.2, 0.25) is 11.3 Å². The molecule has 34 heteroatoms. The number of fused-ring (bicyclic) bond motifs is 5. The lowest BCUT2D eigenvalue weighted by Gasteiger charge is -2.43. The molecule has 30 nitrogen and oxygen atoms in total. The van der Waals surface area contributed by atoms with E-state index in [1.54, 1.807) is 55.6 Å². The Balaban J connectivity index is 0.926. The Kier molecular flexibility index (Phi) is 18.4. The third-order valence-corrected chi connectivity index (χ3v) is 18.7. The van der Waals surface area contributed by atoms with Gasteiger partial charge >= 0.3 is 21.7 Å². The number of ether oxygens (including phenoxy) is 3. The maximum atomic E-state index is 14.8. The number of aromatic nitrogens is 4. The number of phosphoric acid groups is 2. The summed E-state index contributed by atoms with van der Waals surface area (Å²) in [6.45, 7) is 11.3. The number of imidazole rings is 1. The number of rotatable bonds is 22. The molecule has 5 atom stereocenters. The van der Waals surface area contributed by atoms with Gasteiger partial charge in [-0.1, -0.05) is 24.3 Å². The molecule has 9 rings (SSSR count). The number of aliphatic hydroxyl groups is 1.